The Hall–Kier alpha value is -1.90. The number of nitrogens with one attached hydrogen (secondary N) is 2. The molecule has 0 saturated carbocycles. The van der Waals surface area contributed by atoms with Crippen LogP contribution in [-0.2, 0) is 10.0 Å². The van der Waals surface area contributed by atoms with Crippen molar-refractivity contribution in [1.82, 2.24) is 10.5 Å². The quantitative estimate of drug-likeness (QED) is 0.849. The van der Waals surface area contributed by atoms with Crippen LogP contribution in [0.1, 0.15) is 28.3 Å². The van der Waals surface area contributed by atoms with Gasteiger partial charge in [0.05, 0.1) is 10.9 Å². The highest BCUT2D eigenvalue weighted by molar-refractivity contribution is 7.89. The first-order valence-corrected chi connectivity index (χ1v) is 9.35. The summed E-state index contributed by atoms with van der Waals surface area (Å²) < 4.78 is 67.6. The first-order valence-electron chi connectivity index (χ1n) is 7.86. The summed E-state index contributed by atoms with van der Waals surface area (Å²) in [6, 6.07) is 6.17. The molecule has 2 unspecified atom stereocenters. The highest BCUT2D eigenvalue weighted by atomic mass is 32.2. The average molecular weight is 385 g/mol. The molecule has 2 atom stereocenters. The van der Waals surface area contributed by atoms with Crippen molar-refractivity contribution in [3.8, 4) is 0 Å². The number of hydrogen-bond donors (Lipinski definition) is 1. The Morgan fingerprint density at radius 3 is 1.96 bits per heavy atom. The van der Waals surface area contributed by atoms with Crippen LogP contribution in [0.2, 0.25) is 0 Å². The Balaban J connectivity index is 2.46. The minimum Gasteiger partial charge on any atom is -0.248 e. The van der Waals surface area contributed by atoms with Crippen LogP contribution in [0.5, 0.6) is 0 Å². The van der Waals surface area contributed by atoms with Gasteiger partial charge in [-0.3, -0.25) is 0 Å². The lowest BCUT2D eigenvalue weighted by Crippen LogP contribution is -2.49. The first-order chi connectivity index (χ1) is 11.9. The van der Waals surface area contributed by atoms with Gasteiger partial charge in [0.15, 0.2) is 0 Å². The summed E-state index contributed by atoms with van der Waals surface area (Å²) >= 11 is 0. The molecule has 2 aromatic carbocycles. The molecule has 8 heteroatoms. The third kappa shape index (κ3) is 4.44. The maximum Gasteiger partial charge on any atom is 0.406 e. The fourth-order valence-electron chi connectivity index (χ4n) is 2.99. The molecule has 0 saturated heterocycles. The van der Waals surface area contributed by atoms with Crippen molar-refractivity contribution < 1.29 is 21.6 Å². The summed E-state index contributed by atoms with van der Waals surface area (Å²) in [7, 11) is -4.46. The summed E-state index contributed by atoms with van der Waals surface area (Å²) in [5.41, 5.74) is 9.57. The Labute approximate surface area is 151 Å². The number of rotatable bonds is 5. The van der Waals surface area contributed by atoms with E-state index in [2.05, 4.69) is 0 Å². The smallest absolute Gasteiger partial charge is 0.248 e. The minimum absolute atomic E-state index is 0.0786. The second-order valence-electron chi connectivity index (χ2n) is 6.26. The average Bonchev–Trinajstić information content (AvgIpc) is 2.50. The lowest BCUT2D eigenvalue weighted by Gasteiger charge is -2.27. The second-order valence-corrected chi connectivity index (χ2v) is 7.91. The maximum absolute atomic E-state index is 13.5. The summed E-state index contributed by atoms with van der Waals surface area (Å²) in [6.07, 6.45) is -4.91. The predicted octanol–water partition coefficient (Wildman–Crippen LogP) is 3.85. The van der Waals surface area contributed by atoms with Gasteiger partial charge in [0, 0.05) is 0 Å². The van der Waals surface area contributed by atoms with Gasteiger partial charge < -0.3 is 0 Å². The molecule has 0 aliphatic rings. The van der Waals surface area contributed by atoms with E-state index < -0.39 is 28.3 Å². The summed E-state index contributed by atoms with van der Waals surface area (Å²) in [6.45, 7) is 4.84. The highest BCUT2D eigenvalue weighted by Gasteiger charge is 2.47. The van der Waals surface area contributed by atoms with Gasteiger partial charge in [-0.15, -0.1) is 0 Å². The molecule has 0 amide bonds. The number of aryl methyl sites for hydroxylation is 3. The van der Waals surface area contributed by atoms with Gasteiger partial charge in [-0.1, -0.05) is 48.0 Å². The molecule has 4 nitrogen and oxygen atoms in total. The van der Waals surface area contributed by atoms with Gasteiger partial charge in [-0.25, -0.2) is 14.2 Å². The molecular formula is C18H20F3N2O2S. The van der Waals surface area contributed by atoms with Gasteiger partial charge in [-0.2, -0.15) is 17.9 Å². The van der Waals surface area contributed by atoms with E-state index >= 15 is 0 Å². The Kier molecular flexibility index (Phi) is 5.79. The predicted molar refractivity (Wildman–Crippen MR) is 93.1 cm³/mol. The van der Waals surface area contributed by atoms with Crippen LogP contribution < -0.4 is 10.5 Å². The number of benzene rings is 2. The summed E-state index contributed by atoms with van der Waals surface area (Å²) in [5.74, 6) is 0. The third-order valence-corrected chi connectivity index (χ3v) is 5.75. The Bertz CT molecular complexity index is 858. The largest absolute Gasteiger partial charge is 0.406 e. The normalized spacial score (nSPS) is 14.9. The monoisotopic (exact) mass is 385 g/mol. The molecule has 2 aromatic rings. The Morgan fingerprint density at radius 2 is 1.50 bits per heavy atom. The molecule has 0 fully saturated rings. The van der Waals surface area contributed by atoms with E-state index in [-0.39, 0.29) is 10.5 Å². The number of halogens is 3. The van der Waals surface area contributed by atoms with Gasteiger partial charge in [0.25, 0.3) is 0 Å². The number of alkyl halides is 3. The van der Waals surface area contributed by atoms with Crippen molar-refractivity contribution in [3.63, 3.8) is 0 Å². The second kappa shape index (κ2) is 7.38. The summed E-state index contributed by atoms with van der Waals surface area (Å²) in [4.78, 5) is -0.183. The molecular weight excluding hydrogens is 365 g/mol. The van der Waals surface area contributed by atoms with Gasteiger partial charge >= 0.3 is 6.18 Å². The van der Waals surface area contributed by atoms with E-state index in [1.54, 1.807) is 29.8 Å². The molecule has 141 valence electrons. The standard InChI is InChI=1S/C18H20F3N2O2S/c1-11-9-12(2)16(13(3)10-11)26(24,25)23-17(18(19,20)21)15(22)14-7-5-4-6-8-14/h4-10,15,17,22-23H,1-3H3. The fraction of sp³-hybridized carbons (Fsp3) is 0.333. The third-order valence-electron chi connectivity index (χ3n) is 4.00. The lowest BCUT2D eigenvalue weighted by atomic mass is 10.0. The molecule has 2 N–H and O–H groups in total. The molecule has 0 aromatic heterocycles. The van der Waals surface area contributed by atoms with Crippen LogP contribution in [0, 0.1) is 20.8 Å². The van der Waals surface area contributed by atoms with E-state index in [9.17, 15) is 21.6 Å². The van der Waals surface area contributed by atoms with Gasteiger partial charge in [0.2, 0.25) is 10.0 Å². The highest BCUT2D eigenvalue weighted by Crippen LogP contribution is 2.32. The molecule has 0 spiro atoms. The Morgan fingerprint density at radius 1 is 1.00 bits per heavy atom. The van der Waals surface area contributed by atoms with Crippen molar-refractivity contribution >= 4 is 10.0 Å². The molecule has 2 rings (SSSR count). The van der Waals surface area contributed by atoms with Gasteiger partial charge in [-0.05, 0) is 37.5 Å². The van der Waals surface area contributed by atoms with E-state index in [0.717, 1.165) is 5.56 Å². The van der Waals surface area contributed by atoms with Crippen LogP contribution >= 0.6 is 0 Å². The van der Waals surface area contributed by atoms with E-state index in [4.69, 9.17) is 5.73 Å². The molecule has 0 heterocycles. The van der Waals surface area contributed by atoms with Crippen LogP contribution in [0.3, 0.4) is 0 Å². The van der Waals surface area contributed by atoms with E-state index in [0.29, 0.717) is 11.1 Å². The number of sulfonamides is 1. The molecule has 1 radical (unpaired) electrons. The zero-order valence-corrected chi connectivity index (χ0v) is 15.4. The van der Waals surface area contributed by atoms with Crippen molar-refractivity contribution in [1.29, 1.82) is 0 Å². The van der Waals surface area contributed by atoms with Crippen molar-refractivity contribution in [2.45, 2.75) is 43.9 Å². The maximum atomic E-state index is 13.5. The van der Waals surface area contributed by atoms with Gasteiger partial charge in [0.1, 0.15) is 6.04 Å². The van der Waals surface area contributed by atoms with Crippen LogP contribution in [0.25, 0.3) is 0 Å². The molecule has 0 aliphatic carbocycles. The van der Waals surface area contributed by atoms with Crippen molar-refractivity contribution in [2.75, 3.05) is 0 Å². The van der Waals surface area contributed by atoms with E-state index in [1.807, 2.05) is 0 Å². The molecule has 26 heavy (non-hydrogen) atoms. The van der Waals surface area contributed by atoms with Crippen LogP contribution in [-0.4, -0.2) is 20.6 Å². The SMILES string of the molecule is Cc1cc(C)c(S(=O)(=O)NC(C([NH])c2ccccc2)C(F)(F)F)c(C)c1. The lowest BCUT2D eigenvalue weighted by molar-refractivity contribution is -0.156. The molecule has 0 aliphatic heterocycles. The first kappa shape index (κ1) is 20.4. The van der Waals surface area contributed by atoms with E-state index in [1.165, 1.54) is 38.1 Å². The zero-order valence-electron chi connectivity index (χ0n) is 14.6. The minimum atomic E-state index is -4.91. The van der Waals surface area contributed by atoms with Crippen molar-refractivity contribution in [3.05, 3.63) is 64.7 Å². The van der Waals surface area contributed by atoms with Crippen LogP contribution in [0.4, 0.5) is 13.2 Å². The van der Waals surface area contributed by atoms with Crippen LogP contribution in [0.15, 0.2) is 47.4 Å². The summed E-state index contributed by atoms with van der Waals surface area (Å²) in [5, 5.41) is 0. The molecule has 0 bridgehead atoms. The van der Waals surface area contributed by atoms with Crippen molar-refractivity contribution in [2.24, 2.45) is 0 Å². The zero-order chi connectivity index (χ0) is 19.7. The topological polar surface area (TPSA) is 70.0 Å². The number of hydrogen-bond acceptors (Lipinski definition) is 2. The fourth-order valence-corrected chi connectivity index (χ4v) is 4.68.